The third-order valence-corrected chi connectivity index (χ3v) is 4.91. The van der Waals surface area contributed by atoms with Gasteiger partial charge in [-0.3, -0.25) is 4.79 Å². The Labute approximate surface area is 177 Å². The van der Waals surface area contributed by atoms with E-state index in [1.165, 1.54) is 23.5 Å². The van der Waals surface area contributed by atoms with Gasteiger partial charge in [-0.15, -0.1) is 11.3 Å². The van der Waals surface area contributed by atoms with Gasteiger partial charge in [0.2, 0.25) is 5.91 Å². The average Bonchev–Trinajstić information content (AvgIpc) is 3.18. The highest BCUT2D eigenvalue weighted by atomic mass is 32.1. The highest BCUT2D eigenvalue weighted by Gasteiger charge is 2.09. The molecule has 0 bridgehead atoms. The molecule has 7 heteroatoms. The van der Waals surface area contributed by atoms with Crippen LogP contribution in [0, 0.1) is 5.82 Å². The van der Waals surface area contributed by atoms with Gasteiger partial charge in [0, 0.05) is 16.8 Å². The number of amides is 1. The number of hydrogen-bond donors (Lipinski definition) is 2. The molecule has 0 aliphatic heterocycles. The van der Waals surface area contributed by atoms with Gasteiger partial charge in [0.15, 0.2) is 5.13 Å². The van der Waals surface area contributed by atoms with Gasteiger partial charge in [-0.05, 0) is 60.7 Å². The number of aromatic nitrogens is 1. The van der Waals surface area contributed by atoms with Crippen LogP contribution in [0.3, 0.4) is 0 Å². The summed E-state index contributed by atoms with van der Waals surface area (Å²) in [4.78, 5) is 16.7. The molecular weight excluding hydrogens is 401 g/mol. The Kier molecular flexibility index (Phi) is 6.01. The molecule has 0 aliphatic carbocycles. The number of benzene rings is 3. The number of nitrogens with zero attached hydrogens (tertiary/aromatic N) is 1. The van der Waals surface area contributed by atoms with E-state index in [9.17, 15) is 9.18 Å². The Morgan fingerprint density at radius 2 is 1.57 bits per heavy atom. The van der Waals surface area contributed by atoms with Crippen molar-refractivity contribution < 1.29 is 13.9 Å². The van der Waals surface area contributed by atoms with E-state index in [1.54, 1.807) is 36.4 Å². The first kappa shape index (κ1) is 19.6. The van der Waals surface area contributed by atoms with Gasteiger partial charge in [0.25, 0.3) is 0 Å². The number of carbonyl (C=O) groups excluding carboxylic acids is 1. The second-order valence-corrected chi connectivity index (χ2v) is 7.30. The summed E-state index contributed by atoms with van der Waals surface area (Å²) in [5.41, 5.74) is 2.08. The zero-order valence-corrected chi connectivity index (χ0v) is 16.7. The number of rotatable bonds is 7. The second-order valence-electron chi connectivity index (χ2n) is 6.44. The molecule has 0 radical (unpaired) electrons. The number of nitrogens with one attached hydrogen (secondary N) is 2. The SMILES string of the molecule is O=C(Cc1csc(Nc2ccc(F)cc2)n1)Nc1ccc(Oc2ccccc2)cc1. The number of thiazole rings is 1. The van der Waals surface area contributed by atoms with Crippen LogP contribution in [0.15, 0.2) is 84.2 Å². The molecule has 0 unspecified atom stereocenters. The number of ether oxygens (including phenoxy) is 1. The maximum atomic E-state index is 13.0. The minimum Gasteiger partial charge on any atom is -0.457 e. The third kappa shape index (κ3) is 5.42. The van der Waals surface area contributed by atoms with E-state index in [0.29, 0.717) is 22.3 Å². The predicted octanol–water partition coefficient (Wildman–Crippen LogP) is 6.00. The summed E-state index contributed by atoms with van der Waals surface area (Å²) in [6.45, 7) is 0. The monoisotopic (exact) mass is 419 g/mol. The lowest BCUT2D eigenvalue weighted by Gasteiger charge is -2.07. The van der Waals surface area contributed by atoms with Crippen molar-refractivity contribution in [1.82, 2.24) is 4.98 Å². The lowest BCUT2D eigenvalue weighted by molar-refractivity contribution is -0.115. The maximum absolute atomic E-state index is 13.0. The van der Waals surface area contributed by atoms with Crippen LogP contribution < -0.4 is 15.4 Å². The summed E-state index contributed by atoms with van der Waals surface area (Å²) in [7, 11) is 0. The van der Waals surface area contributed by atoms with Crippen molar-refractivity contribution in [2.75, 3.05) is 10.6 Å². The highest BCUT2D eigenvalue weighted by Crippen LogP contribution is 2.24. The van der Waals surface area contributed by atoms with Crippen LogP contribution in [-0.2, 0) is 11.2 Å². The fourth-order valence-electron chi connectivity index (χ4n) is 2.70. The number of carbonyl (C=O) groups is 1. The van der Waals surface area contributed by atoms with Crippen molar-refractivity contribution in [2.24, 2.45) is 0 Å². The molecule has 4 aromatic rings. The molecule has 0 atom stereocenters. The van der Waals surface area contributed by atoms with Crippen molar-refractivity contribution in [2.45, 2.75) is 6.42 Å². The van der Waals surface area contributed by atoms with E-state index in [2.05, 4.69) is 15.6 Å². The van der Waals surface area contributed by atoms with E-state index >= 15 is 0 Å². The molecule has 1 aromatic heterocycles. The van der Waals surface area contributed by atoms with E-state index in [-0.39, 0.29) is 18.1 Å². The van der Waals surface area contributed by atoms with Gasteiger partial charge < -0.3 is 15.4 Å². The molecule has 0 aliphatic rings. The average molecular weight is 419 g/mol. The van der Waals surface area contributed by atoms with E-state index in [4.69, 9.17) is 4.74 Å². The highest BCUT2D eigenvalue weighted by molar-refractivity contribution is 7.13. The van der Waals surface area contributed by atoms with E-state index < -0.39 is 0 Å². The lowest BCUT2D eigenvalue weighted by atomic mass is 10.2. The number of hydrogen-bond acceptors (Lipinski definition) is 5. The van der Waals surface area contributed by atoms with Gasteiger partial charge in [0.05, 0.1) is 12.1 Å². The molecule has 2 N–H and O–H groups in total. The molecule has 3 aromatic carbocycles. The van der Waals surface area contributed by atoms with Crippen molar-refractivity contribution in [3.05, 3.63) is 95.8 Å². The topological polar surface area (TPSA) is 63.2 Å². The molecule has 150 valence electrons. The smallest absolute Gasteiger partial charge is 0.230 e. The standard InChI is InChI=1S/C23H18FN3O2S/c24-16-6-8-18(9-7-16)26-23-27-19(15-30-23)14-22(28)25-17-10-12-21(13-11-17)29-20-4-2-1-3-5-20/h1-13,15H,14H2,(H,25,28)(H,26,27). The van der Waals surface area contributed by atoms with Crippen LogP contribution in [0.1, 0.15) is 5.69 Å². The first-order chi connectivity index (χ1) is 14.6. The Bertz CT molecular complexity index is 1110. The zero-order valence-electron chi connectivity index (χ0n) is 15.8. The number of para-hydroxylation sites is 1. The molecule has 0 saturated carbocycles. The summed E-state index contributed by atoms with van der Waals surface area (Å²) >= 11 is 1.39. The summed E-state index contributed by atoms with van der Waals surface area (Å²) in [6, 6.07) is 22.7. The molecule has 5 nitrogen and oxygen atoms in total. The first-order valence-corrected chi connectivity index (χ1v) is 10.1. The molecule has 1 heterocycles. The van der Waals surface area contributed by atoms with Crippen LogP contribution >= 0.6 is 11.3 Å². The van der Waals surface area contributed by atoms with Crippen molar-refractivity contribution >= 4 is 33.8 Å². The van der Waals surface area contributed by atoms with Crippen LogP contribution in [0.5, 0.6) is 11.5 Å². The Morgan fingerprint density at radius 3 is 2.30 bits per heavy atom. The summed E-state index contributed by atoms with van der Waals surface area (Å²) in [5, 5.41) is 8.42. The molecule has 0 fully saturated rings. The largest absolute Gasteiger partial charge is 0.457 e. The Hall–Kier alpha value is -3.71. The van der Waals surface area contributed by atoms with Gasteiger partial charge in [-0.25, -0.2) is 9.37 Å². The van der Waals surface area contributed by atoms with E-state index in [1.807, 2.05) is 35.7 Å². The minimum atomic E-state index is -0.295. The van der Waals surface area contributed by atoms with Crippen molar-refractivity contribution in [3.63, 3.8) is 0 Å². The van der Waals surface area contributed by atoms with Gasteiger partial charge in [-0.1, -0.05) is 18.2 Å². The summed E-state index contributed by atoms with van der Waals surface area (Å²) in [5.74, 6) is 0.986. The Balaban J connectivity index is 1.30. The first-order valence-electron chi connectivity index (χ1n) is 9.24. The fraction of sp³-hybridized carbons (Fsp3) is 0.0435. The van der Waals surface area contributed by atoms with Crippen molar-refractivity contribution in [1.29, 1.82) is 0 Å². The number of anilines is 3. The van der Waals surface area contributed by atoms with Gasteiger partial charge >= 0.3 is 0 Å². The molecule has 1 amide bonds. The molecule has 0 saturated heterocycles. The number of halogens is 1. The zero-order chi connectivity index (χ0) is 20.8. The Morgan fingerprint density at radius 1 is 0.900 bits per heavy atom. The van der Waals surface area contributed by atoms with Crippen LogP contribution in [-0.4, -0.2) is 10.9 Å². The summed E-state index contributed by atoms with van der Waals surface area (Å²) < 4.78 is 18.7. The quantitative estimate of drug-likeness (QED) is 0.386. The maximum Gasteiger partial charge on any atom is 0.230 e. The normalized spacial score (nSPS) is 10.4. The van der Waals surface area contributed by atoms with Gasteiger partial charge in [0.1, 0.15) is 17.3 Å². The van der Waals surface area contributed by atoms with Crippen LogP contribution in [0.25, 0.3) is 0 Å². The van der Waals surface area contributed by atoms with Crippen LogP contribution in [0.4, 0.5) is 20.9 Å². The molecular formula is C23H18FN3O2S. The van der Waals surface area contributed by atoms with Crippen molar-refractivity contribution in [3.8, 4) is 11.5 Å². The molecule has 4 rings (SSSR count). The van der Waals surface area contributed by atoms with Gasteiger partial charge in [-0.2, -0.15) is 0 Å². The van der Waals surface area contributed by atoms with E-state index in [0.717, 1.165) is 11.4 Å². The lowest BCUT2D eigenvalue weighted by Crippen LogP contribution is -2.14. The fourth-order valence-corrected chi connectivity index (χ4v) is 3.43. The third-order valence-electron chi connectivity index (χ3n) is 4.11. The minimum absolute atomic E-state index is 0.157. The molecule has 0 spiro atoms. The summed E-state index contributed by atoms with van der Waals surface area (Å²) in [6.07, 6.45) is 0.157. The second kappa shape index (κ2) is 9.19. The van der Waals surface area contributed by atoms with Crippen LogP contribution in [0.2, 0.25) is 0 Å². The predicted molar refractivity (Wildman–Crippen MR) is 117 cm³/mol. The molecule has 30 heavy (non-hydrogen) atoms.